The Kier molecular flexibility index (Phi) is 6.29. The number of nitrogens with one attached hydrogen (secondary N) is 2. The largest absolute Gasteiger partial charge is 0.356 e. The monoisotopic (exact) mass is 311 g/mol. The Morgan fingerprint density at radius 3 is 2.48 bits per heavy atom. The third-order valence-electron chi connectivity index (χ3n) is 3.34. The van der Waals surface area contributed by atoms with Crippen molar-refractivity contribution in [3.05, 3.63) is 59.8 Å². The average Bonchev–Trinajstić information content (AvgIpc) is 2.56. The molecule has 0 radical (unpaired) electrons. The Bertz CT molecular complexity index is 639. The number of benzene rings is 1. The standard InChI is InChI=1S/C18H21N3O2/c1-14-7-9-16(20-13-14)21-18(23)11-12-19-17(22)10-8-15-5-3-2-4-6-15/h2-7,9,13H,8,10-12H2,1H3,(H,19,22)(H,20,21,23). The van der Waals surface area contributed by atoms with Crippen molar-refractivity contribution in [1.29, 1.82) is 0 Å². The predicted molar refractivity (Wildman–Crippen MR) is 90.0 cm³/mol. The van der Waals surface area contributed by atoms with E-state index in [0.717, 1.165) is 11.1 Å². The summed E-state index contributed by atoms with van der Waals surface area (Å²) in [5, 5.41) is 5.46. The normalized spacial score (nSPS) is 10.1. The van der Waals surface area contributed by atoms with Crippen LogP contribution >= 0.6 is 0 Å². The van der Waals surface area contributed by atoms with Crippen molar-refractivity contribution in [3.63, 3.8) is 0 Å². The minimum Gasteiger partial charge on any atom is -0.356 e. The van der Waals surface area contributed by atoms with Crippen molar-refractivity contribution >= 4 is 17.6 Å². The summed E-state index contributed by atoms with van der Waals surface area (Å²) in [7, 11) is 0. The summed E-state index contributed by atoms with van der Waals surface area (Å²) in [6.07, 6.45) is 3.05. The fraction of sp³-hybridized carbons (Fsp3) is 0.278. The highest BCUT2D eigenvalue weighted by atomic mass is 16.2. The lowest BCUT2D eigenvalue weighted by Crippen LogP contribution is -2.27. The van der Waals surface area contributed by atoms with Crippen molar-refractivity contribution in [2.75, 3.05) is 11.9 Å². The number of aromatic nitrogens is 1. The summed E-state index contributed by atoms with van der Waals surface area (Å²) >= 11 is 0. The molecule has 2 rings (SSSR count). The highest BCUT2D eigenvalue weighted by molar-refractivity contribution is 5.90. The van der Waals surface area contributed by atoms with Gasteiger partial charge in [-0.15, -0.1) is 0 Å². The van der Waals surface area contributed by atoms with Gasteiger partial charge in [-0.3, -0.25) is 9.59 Å². The van der Waals surface area contributed by atoms with E-state index in [1.807, 2.05) is 43.3 Å². The summed E-state index contributed by atoms with van der Waals surface area (Å²) in [6.45, 7) is 2.26. The first-order valence-corrected chi connectivity index (χ1v) is 7.66. The van der Waals surface area contributed by atoms with Gasteiger partial charge in [0, 0.05) is 25.6 Å². The highest BCUT2D eigenvalue weighted by Gasteiger charge is 2.05. The molecule has 0 saturated heterocycles. The second-order valence-electron chi connectivity index (χ2n) is 5.35. The van der Waals surface area contributed by atoms with Crippen LogP contribution < -0.4 is 10.6 Å². The van der Waals surface area contributed by atoms with Crippen molar-refractivity contribution in [2.24, 2.45) is 0 Å². The number of aryl methyl sites for hydroxylation is 2. The maximum atomic E-state index is 11.8. The molecule has 120 valence electrons. The van der Waals surface area contributed by atoms with Crippen LogP contribution in [0.1, 0.15) is 24.0 Å². The maximum Gasteiger partial charge on any atom is 0.227 e. The van der Waals surface area contributed by atoms with Gasteiger partial charge in [-0.1, -0.05) is 36.4 Å². The van der Waals surface area contributed by atoms with Gasteiger partial charge in [-0.25, -0.2) is 4.98 Å². The molecule has 0 aliphatic carbocycles. The zero-order valence-electron chi connectivity index (χ0n) is 13.2. The molecule has 0 aliphatic rings. The first kappa shape index (κ1) is 16.7. The van der Waals surface area contributed by atoms with Crippen molar-refractivity contribution in [2.45, 2.75) is 26.2 Å². The van der Waals surface area contributed by atoms with Gasteiger partial charge in [0.15, 0.2) is 0 Å². The van der Waals surface area contributed by atoms with E-state index in [4.69, 9.17) is 0 Å². The van der Waals surface area contributed by atoms with E-state index in [2.05, 4.69) is 15.6 Å². The van der Waals surface area contributed by atoms with E-state index in [9.17, 15) is 9.59 Å². The topological polar surface area (TPSA) is 71.1 Å². The van der Waals surface area contributed by atoms with Gasteiger partial charge >= 0.3 is 0 Å². The van der Waals surface area contributed by atoms with E-state index in [1.165, 1.54) is 0 Å². The molecule has 0 aliphatic heterocycles. The molecule has 1 aromatic carbocycles. The average molecular weight is 311 g/mol. The van der Waals surface area contributed by atoms with Gasteiger partial charge in [0.2, 0.25) is 11.8 Å². The number of anilines is 1. The van der Waals surface area contributed by atoms with Gasteiger partial charge in [0.25, 0.3) is 0 Å². The minimum atomic E-state index is -0.162. The Labute approximate surface area is 136 Å². The van der Waals surface area contributed by atoms with Crippen LogP contribution in [0.5, 0.6) is 0 Å². The Balaban J connectivity index is 1.63. The number of rotatable bonds is 7. The number of hydrogen-bond donors (Lipinski definition) is 2. The van der Waals surface area contributed by atoms with Gasteiger partial charge in [0.1, 0.15) is 5.82 Å². The summed E-state index contributed by atoms with van der Waals surface area (Å²) in [5.41, 5.74) is 2.17. The lowest BCUT2D eigenvalue weighted by molar-refractivity contribution is -0.121. The third kappa shape index (κ3) is 6.30. The van der Waals surface area contributed by atoms with Crippen LogP contribution in [-0.2, 0) is 16.0 Å². The molecule has 0 spiro atoms. The van der Waals surface area contributed by atoms with Gasteiger partial charge < -0.3 is 10.6 Å². The molecular weight excluding hydrogens is 290 g/mol. The molecule has 23 heavy (non-hydrogen) atoms. The van der Waals surface area contributed by atoms with E-state index in [-0.39, 0.29) is 18.2 Å². The van der Waals surface area contributed by atoms with Crippen molar-refractivity contribution in [1.82, 2.24) is 10.3 Å². The fourth-order valence-electron chi connectivity index (χ4n) is 2.05. The zero-order valence-corrected chi connectivity index (χ0v) is 13.2. The van der Waals surface area contributed by atoms with E-state index in [1.54, 1.807) is 12.3 Å². The number of amides is 2. The Morgan fingerprint density at radius 1 is 1.00 bits per heavy atom. The number of hydrogen-bond acceptors (Lipinski definition) is 3. The zero-order chi connectivity index (χ0) is 16.5. The number of carbonyl (C=O) groups is 2. The highest BCUT2D eigenvalue weighted by Crippen LogP contribution is 2.04. The van der Waals surface area contributed by atoms with Crippen LogP contribution in [0.2, 0.25) is 0 Å². The molecule has 2 amide bonds. The van der Waals surface area contributed by atoms with Crippen molar-refractivity contribution in [3.8, 4) is 0 Å². The molecule has 0 fully saturated rings. The van der Waals surface area contributed by atoms with Crippen LogP contribution in [0.15, 0.2) is 48.7 Å². The van der Waals surface area contributed by atoms with Crippen LogP contribution in [0.25, 0.3) is 0 Å². The summed E-state index contributed by atoms with van der Waals surface area (Å²) in [4.78, 5) is 27.6. The molecule has 5 nitrogen and oxygen atoms in total. The van der Waals surface area contributed by atoms with E-state index >= 15 is 0 Å². The smallest absolute Gasteiger partial charge is 0.227 e. The number of nitrogens with zero attached hydrogens (tertiary/aromatic N) is 1. The summed E-state index contributed by atoms with van der Waals surface area (Å²) in [6, 6.07) is 13.5. The lowest BCUT2D eigenvalue weighted by Gasteiger charge is -2.06. The lowest BCUT2D eigenvalue weighted by atomic mass is 10.1. The van der Waals surface area contributed by atoms with E-state index in [0.29, 0.717) is 25.2 Å². The van der Waals surface area contributed by atoms with Crippen LogP contribution in [-0.4, -0.2) is 23.3 Å². The second-order valence-corrected chi connectivity index (χ2v) is 5.35. The molecule has 0 bridgehead atoms. The molecule has 5 heteroatoms. The number of carbonyl (C=O) groups excluding carboxylic acids is 2. The van der Waals surface area contributed by atoms with E-state index < -0.39 is 0 Å². The predicted octanol–water partition coefficient (Wildman–Crippen LogP) is 2.47. The summed E-state index contributed by atoms with van der Waals surface area (Å²) < 4.78 is 0. The van der Waals surface area contributed by atoms with Gasteiger partial charge in [0.05, 0.1) is 0 Å². The quantitative estimate of drug-likeness (QED) is 0.825. The molecule has 0 unspecified atom stereocenters. The van der Waals surface area contributed by atoms with Crippen LogP contribution in [0.4, 0.5) is 5.82 Å². The SMILES string of the molecule is Cc1ccc(NC(=O)CCNC(=O)CCc2ccccc2)nc1. The molecule has 2 N–H and O–H groups in total. The van der Waals surface area contributed by atoms with Crippen LogP contribution in [0, 0.1) is 6.92 Å². The molecule has 2 aromatic rings. The first-order chi connectivity index (χ1) is 11.1. The Morgan fingerprint density at radius 2 is 1.78 bits per heavy atom. The Hall–Kier alpha value is -2.69. The molecule has 0 atom stereocenters. The number of pyridine rings is 1. The van der Waals surface area contributed by atoms with Gasteiger partial charge in [-0.05, 0) is 30.5 Å². The third-order valence-corrected chi connectivity index (χ3v) is 3.34. The molecular formula is C18H21N3O2. The summed E-state index contributed by atoms with van der Waals surface area (Å²) in [5.74, 6) is 0.316. The maximum absolute atomic E-state index is 11.8. The minimum absolute atomic E-state index is 0.0462. The molecule has 1 heterocycles. The second kappa shape index (κ2) is 8.68. The molecule has 1 aromatic heterocycles. The van der Waals surface area contributed by atoms with Crippen LogP contribution in [0.3, 0.4) is 0 Å². The first-order valence-electron chi connectivity index (χ1n) is 7.66. The van der Waals surface area contributed by atoms with Gasteiger partial charge in [-0.2, -0.15) is 0 Å². The fourth-order valence-corrected chi connectivity index (χ4v) is 2.05. The molecule has 0 saturated carbocycles. The van der Waals surface area contributed by atoms with Crippen molar-refractivity contribution < 1.29 is 9.59 Å².